The third kappa shape index (κ3) is 2.93. The van der Waals surface area contributed by atoms with Crippen LogP contribution in [0.2, 0.25) is 0 Å². The number of carbonyl (C=O) groups excluding carboxylic acids is 1. The zero-order valence-electron chi connectivity index (χ0n) is 10.5. The van der Waals surface area contributed by atoms with Crippen LogP contribution in [0.5, 0.6) is 5.75 Å². The number of aliphatic hydroxyl groups excluding tert-OH is 2. The van der Waals surface area contributed by atoms with Gasteiger partial charge in [-0.3, -0.25) is 4.79 Å². The second kappa shape index (κ2) is 5.68. The summed E-state index contributed by atoms with van der Waals surface area (Å²) in [6, 6.07) is 9.36. The van der Waals surface area contributed by atoms with E-state index in [4.69, 9.17) is 10.8 Å². The number of aromatic hydroxyl groups is 1. The van der Waals surface area contributed by atoms with Gasteiger partial charge >= 0.3 is 0 Å². The maximum Gasteiger partial charge on any atom is 0.267 e. The van der Waals surface area contributed by atoms with Crippen molar-refractivity contribution in [2.45, 2.75) is 6.10 Å². The second-order valence-electron chi connectivity index (χ2n) is 4.28. The topological polar surface area (TPSA) is 117 Å². The smallest absolute Gasteiger partial charge is 0.267 e. The third-order valence-corrected chi connectivity index (χ3v) is 2.81. The summed E-state index contributed by atoms with van der Waals surface area (Å²) in [5.74, 6) is -0.606. The molecular formula is C14H14N2O4. The molecule has 0 aliphatic carbocycles. The van der Waals surface area contributed by atoms with Crippen LogP contribution >= 0.6 is 0 Å². The standard InChI is InChI=1S/C14H14N2O4/c15-14(20)12-6-9(5-11(16-12)13(19)7-17)8-1-3-10(18)4-2-8/h1-6,13,17-19H,7H2,(H2,15,20). The molecule has 1 amide bonds. The number of benzene rings is 1. The summed E-state index contributed by atoms with van der Waals surface area (Å²) in [5.41, 5.74) is 6.70. The molecule has 1 aromatic heterocycles. The number of nitrogens with zero attached hydrogens (tertiary/aromatic N) is 1. The Bertz CT molecular complexity index is 626. The van der Waals surface area contributed by atoms with Gasteiger partial charge in [0.25, 0.3) is 5.91 Å². The van der Waals surface area contributed by atoms with Crippen LogP contribution in [0, 0.1) is 0 Å². The molecule has 2 aromatic rings. The van der Waals surface area contributed by atoms with Crippen LogP contribution in [0.4, 0.5) is 0 Å². The number of phenolic OH excluding ortho intramolecular Hbond substituents is 1. The molecule has 0 radical (unpaired) electrons. The summed E-state index contributed by atoms with van der Waals surface area (Å²) < 4.78 is 0. The molecule has 6 nitrogen and oxygen atoms in total. The number of primary amides is 1. The number of phenols is 1. The van der Waals surface area contributed by atoms with Gasteiger partial charge in [-0.1, -0.05) is 12.1 Å². The maximum absolute atomic E-state index is 11.3. The van der Waals surface area contributed by atoms with Gasteiger partial charge in [0.05, 0.1) is 12.3 Å². The summed E-state index contributed by atoms with van der Waals surface area (Å²) >= 11 is 0. The van der Waals surface area contributed by atoms with Crippen molar-refractivity contribution in [3.05, 3.63) is 47.8 Å². The fraction of sp³-hybridized carbons (Fsp3) is 0.143. The molecule has 0 aliphatic rings. The average molecular weight is 274 g/mol. The number of rotatable bonds is 4. The largest absolute Gasteiger partial charge is 0.508 e. The van der Waals surface area contributed by atoms with Crippen molar-refractivity contribution in [2.75, 3.05) is 6.61 Å². The minimum absolute atomic E-state index is 0.00178. The Morgan fingerprint density at radius 2 is 1.85 bits per heavy atom. The number of hydrogen-bond acceptors (Lipinski definition) is 5. The first-order chi connectivity index (χ1) is 9.51. The van der Waals surface area contributed by atoms with E-state index in [1.54, 1.807) is 18.2 Å². The van der Waals surface area contributed by atoms with E-state index in [0.29, 0.717) is 5.56 Å². The number of pyridine rings is 1. The van der Waals surface area contributed by atoms with Gasteiger partial charge in [0.15, 0.2) is 0 Å². The lowest BCUT2D eigenvalue weighted by atomic mass is 10.0. The molecule has 1 aromatic carbocycles. The highest BCUT2D eigenvalue weighted by molar-refractivity contribution is 5.92. The molecule has 0 fully saturated rings. The Labute approximate surface area is 115 Å². The molecule has 6 heteroatoms. The lowest BCUT2D eigenvalue weighted by Crippen LogP contribution is -2.16. The average Bonchev–Trinajstić information content (AvgIpc) is 2.46. The molecule has 0 saturated carbocycles. The molecule has 1 unspecified atom stereocenters. The number of hydrogen-bond donors (Lipinski definition) is 4. The number of carbonyl (C=O) groups is 1. The molecule has 1 atom stereocenters. The van der Waals surface area contributed by atoms with Gasteiger partial charge in [-0.05, 0) is 35.4 Å². The van der Waals surface area contributed by atoms with Crippen molar-refractivity contribution in [1.29, 1.82) is 0 Å². The van der Waals surface area contributed by atoms with Crippen LogP contribution in [-0.4, -0.2) is 32.8 Å². The number of amides is 1. The molecule has 0 aliphatic heterocycles. The summed E-state index contributed by atoms with van der Waals surface area (Å²) in [4.78, 5) is 15.2. The van der Waals surface area contributed by atoms with Gasteiger partial charge in [0.2, 0.25) is 0 Å². The van der Waals surface area contributed by atoms with E-state index in [2.05, 4.69) is 4.98 Å². The zero-order valence-corrected chi connectivity index (χ0v) is 10.5. The predicted octanol–water partition coefficient (Wildman–Crippen LogP) is 0.579. The van der Waals surface area contributed by atoms with Crippen molar-refractivity contribution < 1.29 is 20.1 Å². The Balaban J connectivity index is 2.54. The molecule has 0 spiro atoms. The molecular weight excluding hydrogens is 260 g/mol. The number of nitrogens with two attached hydrogens (primary N) is 1. The van der Waals surface area contributed by atoms with Gasteiger partial charge in [-0.25, -0.2) is 4.98 Å². The van der Waals surface area contributed by atoms with Crippen molar-refractivity contribution >= 4 is 5.91 Å². The first-order valence-corrected chi connectivity index (χ1v) is 5.91. The Morgan fingerprint density at radius 3 is 2.40 bits per heavy atom. The second-order valence-corrected chi connectivity index (χ2v) is 4.28. The Kier molecular flexibility index (Phi) is 3.97. The minimum Gasteiger partial charge on any atom is -0.508 e. The van der Waals surface area contributed by atoms with Gasteiger partial charge in [0, 0.05) is 0 Å². The quantitative estimate of drug-likeness (QED) is 0.650. The number of aromatic nitrogens is 1. The van der Waals surface area contributed by atoms with Crippen molar-refractivity contribution in [3.8, 4) is 16.9 Å². The molecule has 0 saturated heterocycles. The highest BCUT2D eigenvalue weighted by Gasteiger charge is 2.14. The molecule has 1 heterocycles. The molecule has 5 N–H and O–H groups in total. The summed E-state index contributed by atoms with van der Waals surface area (Å²) in [6.45, 7) is -0.510. The molecule has 104 valence electrons. The van der Waals surface area contributed by atoms with Crippen LogP contribution in [0.15, 0.2) is 36.4 Å². The van der Waals surface area contributed by atoms with Gasteiger partial charge in [-0.2, -0.15) is 0 Å². The van der Waals surface area contributed by atoms with E-state index in [-0.39, 0.29) is 17.1 Å². The van der Waals surface area contributed by atoms with E-state index < -0.39 is 18.6 Å². The lowest BCUT2D eigenvalue weighted by molar-refractivity contribution is 0.0912. The lowest BCUT2D eigenvalue weighted by Gasteiger charge is -2.11. The SMILES string of the molecule is NC(=O)c1cc(-c2ccc(O)cc2)cc(C(O)CO)n1. The molecule has 20 heavy (non-hydrogen) atoms. The monoisotopic (exact) mass is 274 g/mol. The highest BCUT2D eigenvalue weighted by Crippen LogP contribution is 2.25. The van der Waals surface area contributed by atoms with E-state index in [0.717, 1.165) is 5.56 Å². The van der Waals surface area contributed by atoms with Crippen LogP contribution in [0.1, 0.15) is 22.3 Å². The van der Waals surface area contributed by atoms with E-state index in [1.807, 2.05) is 0 Å². The summed E-state index contributed by atoms with van der Waals surface area (Å²) in [6.07, 6.45) is -1.19. The highest BCUT2D eigenvalue weighted by atomic mass is 16.3. The summed E-state index contributed by atoms with van der Waals surface area (Å²) in [5, 5.41) is 27.9. The van der Waals surface area contributed by atoms with Crippen molar-refractivity contribution in [2.24, 2.45) is 5.73 Å². The van der Waals surface area contributed by atoms with E-state index in [1.165, 1.54) is 18.2 Å². The van der Waals surface area contributed by atoms with Crippen LogP contribution in [0.3, 0.4) is 0 Å². The van der Waals surface area contributed by atoms with Crippen molar-refractivity contribution in [1.82, 2.24) is 4.98 Å². The van der Waals surface area contributed by atoms with Crippen LogP contribution in [0.25, 0.3) is 11.1 Å². The Morgan fingerprint density at radius 1 is 1.20 bits per heavy atom. The van der Waals surface area contributed by atoms with Crippen LogP contribution in [-0.2, 0) is 0 Å². The summed E-state index contributed by atoms with van der Waals surface area (Å²) in [7, 11) is 0. The van der Waals surface area contributed by atoms with Gasteiger partial charge in [0.1, 0.15) is 17.5 Å². The maximum atomic E-state index is 11.3. The van der Waals surface area contributed by atoms with Crippen molar-refractivity contribution in [3.63, 3.8) is 0 Å². The fourth-order valence-corrected chi connectivity index (χ4v) is 1.76. The van der Waals surface area contributed by atoms with Crippen LogP contribution < -0.4 is 5.73 Å². The molecule has 0 bridgehead atoms. The first kappa shape index (κ1) is 14.0. The normalized spacial score (nSPS) is 12.1. The van der Waals surface area contributed by atoms with E-state index in [9.17, 15) is 15.0 Å². The van der Waals surface area contributed by atoms with Gasteiger partial charge in [-0.15, -0.1) is 0 Å². The van der Waals surface area contributed by atoms with E-state index >= 15 is 0 Å². The Hall–Kier alpha value is -2.44. The van der Waals surface area contributed by atoms with Gasteiger partial charge < -0.3 is 21.1 Å². The fourth-order valence-electron chi connectivity index (χ4n) is 1.76. The molecule has 2 rings (SSSR count). The zero-order chi connectivity index (χ0) is 14.7. The number of aliphatic hydroxyl groups is 2. The third-order valence-electron chi connectivity index (χ3n) is 2.81. The predicted molar refractivity (Wildman–Crippen MR) is 71.9 cm³/mol. The minimum atomic E-state index is -1.19. The first-order valence-electron chi connectivity index (χ1n) is 5.91.